The Kier molecular flexibility index (Phi) is 13.8. The van der Waals surface area contributed by atoms with Crippen molar-refractivity contribution in [2.75, 3.05) is 14.1 Å². The molecule has 0 aliphatic carbocycles. The van der Waals surface area contributed by atoms with Crippen molar-refractivity contribution >= 4 is 57.4 Å². The summed E-state index contributed by atoms with van der Waals surface area (Å²) < 4.78 is 5.51. The molecule has 0 aliphatic rings. The maximum atomic E-state index is 14.6. The van der Waals surface area contributed by atoms with Gasteiger partial charge in [0.05, 0.1) is 6.42 Å². The lowest BCUT2D eigenvalue weighted by Crippen LogP contribution is -2.64. The average molecular weight is 805 g/mol. The molecular formula is C45H52N6O8. The normalized spacial score (nSPS) is 13.9. The van der Waals surface area contributed by atoms with Gasteiger partial charge in [-0.25, -0.2) is 4.79 Å². The minimum Gasteiger partial charge on any atom is -0.481 e. The van der Waals surface area contributed by atoms with Gasteiger partial charge in [0.1, 0.15) is 29.3 Å². The molecule has 0 saturated heterocycles. The third-order valence-corrected chi connectivity index (χ3v) is 9.72. The largest absolute Gasteiger partial charge is 0.481 e. The molecule has 0 fully saturated rings. The van der Waals surface area contributed by atoms with Crippen LogP contribution in [0.3, 0.4) is 0 Å². The van der Waals surface area contributed by atoms with Crippen molar-refractivity contribution in [3.63, 3.8) is 0 Å². The highest BCUT2D eigenvalue weighted by Crippen LogP contribution is 2.23. The minimum atomic E-state index is -1.83. The number of hydrogen-bond acceptors (Lipinski definition) is 7. The molecule has 0 saturated carbocycles. The van der Waals surface area contributed by atoms with Gasteiger partial charge in [0.15, 0.2) is 0 Å². The lowest BCUT2D eigenvalue weighted by molar-refractivity contribution is -0.142. The summed E-state index contributed by atoms with van der Waals surface area (Å²) in [5.41, 5.74) is 0.225. The number of alkyl carbamates (subject to hydrolysis) is 1. The number of nitrogens with zero attached hydrogens (tertiary/aromatic N) is 1. The first-order chi connectivity index (χ1) is 27.9. The second-order valence-electron chi connectivity index (χ2n) is 16.0. The maximum absolute atomic E-state index is 14.6. The number of carboxylic acids is 1. The van der Waals surface area contributed by atoms with Gasteiger partial charge in [-0.2, -0.15) is 0 Å². The first-order valence-electron chi connectivity index (χ1n) is 19.3. The van der Waals surface area contributed by atoms with Crippen LogP contribution in [0.25, 0.3) is 21.7 Å². The van der Waals surface area contributed by atoms with Crippen LogP contribution >= 0.6 is 0 Å². The summed E-state index contributed by atoms with van der Waals surface area (Å²) >= 11 is 0. The highest BCUT2D eigenvalue weighted by atomic mass is 16.6. The van der Waals surface area contributed by atoms with Gasteiger partial charge >= 0.3 is 12.1 Å². The Labute approximate surface area is 343 Å². The summed E-state index contributed by atoms with van der Waals surface area (Å²) in [4.78, 5) is 86.1. The van der Waals surface area contributed by atoms with Crippen LogP contribution in [0.4, 0.5) is 4.79 Å². The van der Waals surface area contributed by atoms with Gasteiger partial charge in [-0.1, -0.05) is 91.0 Å². The Bertz CT molecular complexity index is 2320. The molecule has 5 rings (SSSR count). The summed E-state index contributed by atoms with van der Waals surface area (Å²) in [6.07, 6.45) is 0.0804. The number of carbonyl (C=O) groups is 6. The van der Waals surface area contributed by atoms with Crippen molar-refractivity contribution in [3.8, 4) is 0 Å². The monoisotopic (exact) mass is 804 g/mol. The number of rotatable bonds is 16. The molecule has 1 aromatic heterocycles. The van der Waals surface area contributed by atoms with Crippen LogP contribution in [-0.4, -0.2) is 94.0 Å². The van der Waals surface area contributed by atoms with Crippen molar-refractivity contribution in [2.45, 2.75) is 82.6 Å². The fourth-order valence-electron chi connectivity index (χ4n) is 6.81. The SMILES string of the molecule is CN(C)C(=O)[C@H](Cc1ccccc1)NC(=O)[C@H](CC(=O)O)NC(=O)[C@](C)(Cc1ccc2ccccc2c1)NC(=O)[C@H](Cc1c[nH]c2ccccc12)NC(=O)OC(C)(C)C. The van der Waals surface area contributed by atoms with Crippen molar-refractivity contribution in [1.29, 1.82) is 0 Å². The molecule has 0 spiro atoms. The van der Waals surface area contributed by atoms with Crippen LogP contribution in [0, 0.1) is 0 Å². The number of hydrogen-bond donors (Lipinski definition) is 6. The zero-order valence-electron chi connectivity index (χ0n) is 34.1. The molecule has 1 heterocycles. The molecule has 14 nitrogen and oxygen atoms in total. The first-order valence-corrected chi connectivity index (χ1v) is 19.3. The fraction of sp³-hybridized carbons (Fsp3) is 0.333. The number of H-pyrrole nitrogens is 1. The summed E-state index contributed by atoms with van der Waals surface area (Å²) in [6.45, 7) is 6.54. The van der Waals surface area contributed by atoms with E-state index in [0.29, 0.717) is 11.1 Å². The molecule has 4 atom stereocenters. The second kappa shape index (κ2) is 18.7. The molecule has 4 aromatic carbocycles. The number of carboxylic acid groups (broad SMARTS) is 1. The van der Waals surface area contributed by atoms with E-state index in [1.807, 2.05) is 72.8 Å². The quantitative estimate of drug-likeness (QED) is 0.0829. The zero-order valence-corrected chi connectivity index (χ0v) is 34.1. The molecule has 0 bridgehead atoms. The Morgan fingerprint density at radius 1 is 0.712 bits per heavy atom. The fourth-order valence-corrected chi connectivity index (χ4v) is 6.81. The van der Waals surface area contributed by atoms with E-state index >= 15 is 0 Å². The van der Waals surface area contributed by atoms with Gasteiger partial charge in [0, 0.05) is 50.5 Å². The number of aromatic amines is 1. The molecule has 0 radical (unpaired) electrons. The highest BCUT2D eigenvalue weighted by molar-refractivity contribution is 5.99. The van der Waals surface area contributed by atoms with Gasteiger partial charge in [0.25, 0.3) is 0 Å². The molecule has 0 unspecified atom stereocenters. The molecule has 59 heavy (non-hydrogen) atoms. The Balaban J connectivity index is 1.48. The molecular weight excluding hydrogens is 753 g/mol. The number of benzene rings is 4. The third-order valence-electron chi connectivity index (χ3n) is 9.72. The molecule has 14 heteroatoms. The lowest BCUT2D eigenvalue weighted by Gasteiger charge is -2.33. The van der Waals surface area contributed by atoms with E-state index in [-0.39, 0.29) is 19.3 Å². The number of nitrogens with one attached hydrogen (secondary N) is 5. The number of fused-ring (bicyclic) bond motifs is 2. The Morgan fingerprint density at radius 2 is 1.37 bits per heavy atom. The van der Waals surface area contributed by atoms with Crippen molar-refractivity contribution in [1.82, 2.24) is 31.2 Å². The number of para-hydroxylation sites is 1. The Hall–Kier alpha value is -6.70. The number of carbonyl (C=O) groups excluding carboxylic acids is 5. The van der Waals surface area contributed by atoms with Gasteiger partial charge in [-0.3, -0.25) is 24.0 Å². The second-order valence-corrected chi connectivity index (χ2v) is 16.0. The number of aromatic nitrogens is 1. The van der Waals surface area contributed by atoms with E-state index in [1.54, 1.807) is 51.2 Å². The van der Waals surface area contributed by atoms with Crippen LogP contribution < -0.4 is 21.3 Å². The third kappa shape index (κ3) is 11.9. The van der Waals surface area contributed by atoms with Crippen LogP contribution in [0.15, 0.2) is 103 Å². The summed E-state index contributed by atoms with van der Waals surface area (Å²) in [5.74, 6) is -4.33. The molecule has 310 valence electrons. The van der Waals surface area contributed by atoms with Crippen LogP contribution in [-0.2, 0) is 48.0 Å². The first kappa shape index (κ1) is 43.4. The summed E-state index contributed by atoms with van der Waals surface area (Å²) in [5, 5.41) is 23.3. The predicted octanol–water partition coefficient (Wildman–Crippen LogP) is 4.65. The smallest absolute Gasteiger partial charge is 0.408 e. The van der Waals surface area contributed by atoms with Gasteiger partial charge in [-0.15, -0.1) is 0 Å². The summed E-state index contributed by atoms with van der Waals surface area (Å²) in [7, 11) is 3.07. The van der Waals surface area contributed by atoms with E-state index in [1.165, 1.54) is 25.9 Å². The standard InChI is InChI=1S/C45H52N6O8/c1-44(2,3)59-43(58)49-35(24-32-27-46-34-19-13-12-18-33(32)34)40(55)50-45(4,26-29-20-21-30-16-10-11-17-31(30)22-29)42(57)48-36(25-38(52)53)39(54)47-37(41(56)51(5)6)23-28-14-8-7-9-15-28/h7-22,27,35-37,46H,23-26H2,1-6H3,(H,47,54)(H,48,57)(H,49,58)(H,50,55)(H,52,53)/t35-,36-,37-,45-/m0/s1. The minimum absolute atomic E-state index is 0.00944. The van der Waals surface area contributed by atoms with Gasteiger partial charge in [-0.05, 0) is 61.2 Å². The lowest BCUT2D eigenvalue weighted by atomic mass is 9.89. The van der Waals surface area contributed by atoms with Crippen LogP contribution in [0.1, 0.15) is 50.8 Å². The van der Waals surface area contributed by atoms with Crippen molar-refractivity contribution in [3.05, 3.63) is 120 Å². The van der Waals surface area contributed by atoms with Crippen molar-refractivity contribution in [2.24, 2.45) is 0 Å². The van der Waals surface area contributed by atoms with E-state index in [0.717, 1.165) is 27.2 Å². The van der Waals surface area contributed by atoms with E-state index in [2.05, 4.69) is 26.3 Å². The molecule has 5 aromatic rings. The number of ether oxygens (including phenoxy) is 1. The topological polar surface area (TPSA) is 199 Å². The van der Waals surface area contributed by atoms with Gasteiger partial charge < -0.3 is 41.0 Å². The number of likely N-dealkylation sites (N-methyl/N-ethyl adjacent to an activating group) is 1. The number of amides is 5. The zero-order chi connectivity index (χ0) is 42.9. The van der Waals surface area contributed by atoms with E-state index in [4.69, 9.17) is 4.74 Å². The average Bonchev–Trinajstić information content (AvgIpc) is 3.58. The maximum Gasteiger partial charge on any atom is 0.408 e. The van der Waals surface area contributed by atoms with Gasteiger partial charge in [0.2, 0.25) is 23.6 Å². The van der Waals surface area contributed by atoms with E-state index in [9.17, 15) is 33.9 Å². The van der Waals surface area contributed by atoms with Crippen molar-refractivity contribution < 1.29 is 38.6 Å². The van der Waals surface area contributed by atoms with Crippen LogP contribution in [0.2, 0.25) is 0 Å². The van der Waals surface area contributed by atoms with Crippen LogP contribution in [0.5, 0.6) is 0 Å². The predicted molar refractivity (Wildman–Crippen MR) is 224 cm³/mol. The molecule has 6 N–H and O–H groups in total. The highest BCUT2D eigenvalue weighted by Gasteiger charge is 2.40. The molecule has 0 aliphatic heterocycles. The number of aliphatic carboxylic acids is 1. The molecule has 5 amide bonds. The van der Waals surface area contributed by atoms with E-state index < -0.39 is 71.4 Å². The summed E-state index contributed by atoms with van der Waals surface area (Å²) in [6, 6.07) is 25.7. The Morgan fingerprint density at radius 3 is 2.05 bits per heavy atom.